The van der Waals surface area contributed by atoms with Crippen molar-refractivity contribution in [1.82, 2.24) is 0 Å². The van der Waals surface area contributed by atoms with Gasteiger partial charge in [0.25, 0.3) is 0 Å². The number of hydrogen-bond donors (Lipinski definition) is 0. The van der Waals surface area contributed by atoms with E-state index in [0.717, 1.165) is 19.4 Å². The first-order chi connectivity index (χ1) is 8.72. The molecular formula is C16H23NO. The lowest BCUT2D eigenvalue weighted by Crippen LogP contribution is -2.33. The Labute approximate surface area is 110 Å². The largest absolute Gasteiger partial charge is 0.364 e. The number of para-hydroxylation sites is 1. The third-order valence-corrected chi connectivity index (χ3v) is 3.97. The molecule has 0 N–H and O–H groups in total. The fourth-order valence-electron chi connectivity index (χ4n) is 2.51. The van der Waals surface area contributed by atoms with E-state index in [1.807, 2.05) is 6.92 Å². The quantitative estimate of drug-likeness (QED) is 0.810. The SMILES string of the molecule is CCC(C)C(=O)CN1CCCCc2ccccc21. The van der Waals surface area contributed by atoms with Gasteiger partial charge in [-0.15, -0.1) is 0 Å². The van der Waals surface area contributed by atoms with Crippen molar-refractivity contribution < 1.29 is 4.79 Å². The highest BCUT2D eigenvalue weighted by Gasteiger charge is 2.19. The third-order valence-electron chi connectivity index (χ3n) is 3.97. The monoisotopic (exact) mass is 245 g/mol. The van der Waals surface area contributed by atoms with Crippen molar-refractivity contribution in [3.63, 3.8) is 0 Å². The average molecular weight is 245 g/mol. The summed E-state index contributed by atoms with van der Waals surface area (Å²) >= 11 is 0. The number of fused-ring (bicyclic) bond motifs is 1. The highest BCUT2D eigenvalue weighted by Crippen LogP contribution is 2.26. The van der Waals surface area contributed by atoms with Gasteiger partial charge in [0.2, 0.25) is 0 Å². The molecule has 1 aliphatic heterocycles. The topological polar surface area (TPSA) is 20.3 Å². The van der Waals surface area contributed by atoms with Crippen molar-refractivity contribution in [2.24, 2.45) is 5.92 Å². The minimum absolute atomic E-state index is 0.181. The van der Waals surface area contributed by atoms with Crippen LogP contribution in [-0.2, 0) is 11.2 Å². The maximum atomic E-state index is 12.1. The van der Waals surface area contributed by atoms with Crippen LogP contribution in [0.25, 0.3) is 0 Å². The zero-order valence-corrected chi connectivity index (χ0v) is 11.5. The molecule has 1 heterocycles. The molecule has 2 heteroatoms. The van der Waals surface area contributed by atoms with Gasteiger partial charge in [-0.25, -0.2) is 0 Å². The number of carbonyl (C=O) groups is 1. The van der Waals surface area contributed by atoms with Gasteiger partial charge in [0.1, 0.15) is 0 Å². The molecule has 0 amide bonds. The van der Waals surface area contributed by atoms with Crippen LogP contribution in [0.15, 0.2) is 24.3 Å². The summed E-state index contributed by atoms with van der Waals surface area (Å²) in [5.41, 5.74) is 2.67. The van der Waals surface area contributed by atoms with E-state index in [-0.39, 0.29) is 5.92 Å². The maximum Gasteiger partial charge on any atom is 0.154 e. The normalized spacial score (nSPS) is 16.9. The molecule has 1 aliphatic rings. The van der Waals surface area contributed by atoms with E-state index in [1.54, 1.807) is 0 Å². The van der Waals surface area contributed by atoms with Gasteiger partial charge >= 0.3 is 0 Å². The standard InChI is InChI=1S/C16H23NO/c1-3-13(2)16(18)12-17-11-7-6-9-14-8-4-5-10-15(14)17/h4-5,8,10,13H,3,6-7,9,11-12H2,1-2H3. The third kappa shape index (κ3) is 2.92. The Hall–Kier alpha value is -1.31. The fraction of sp³-hybridized carbons (Fsp3) is 0.562. The Kier molecular flexibility index (Phi) is 4.40. The van der Waals surface area contributed by atoms with Gasteiger partial charge < -0.3 is 4.90 Å². The van der Waals surface area contributed by atoms with Crippen LogP contribution in [0, 0.1) is 5.92 Å². The minimum atomic E-state index is 0.181. The summed E-state index contributed by atoms with van der Waals surface area (Å²) in [7, 11) is 0. The van der Waals surface area contributed by atoms with Crippen molar-refractivity contribution in [3.8, 4) is 0 Å². The van der Waals surface area contributed by atoms with Crippen LogP contribution in [0.3, 0.4) is 0 Å². The Morgan fingerprint density at radius 2 is 2.11 bits per heavy atom. The molecule has 0 aromatic heterocycles. The molecule has 0 aliphatic carbocycles. The van der Waals surface area contributed by atoms with Crippen molar-refractivity contribution in [1.29, 1.82) is 0 Å². The Balaban J connectivity index is 2.15. The van der Waals surface area contributed by atoms with Crippen LogP contribution >= 0.6 is 0 Å². The number of rotatable bonds is 4. The first-order valence-corrected chi connectivity index (χ1v) is 7.08. The number of ketones is 1. The van der Waals surface area contributed by atoms with E-state index >= 15 is 0 Å². The van der Waals surface area contributed by atoms with Crippen LogP contribution in [-0.4, -0.2) is 18.9 Å². The maximum absolute atomic E-state index is 12.1. The Morgan fingerprint density at radius 3 is 2.89 bits per heavy atom. The lowest BCUT2D eigenvalue weighted by atomic mass is 10.0. The van der Waals surface area contributed by atoms with Crippen LogP contribution in [0.5, 0.6) is 0 Å². The molecule has 98 valence electrons. The zero-order valence-electron chi connectivity index (χ0n) is 11.5. The molecule has 2 rings (SSSR count). The van der Waals surface area contributed by atoms with E-state index in [9.17, 15) is 4.79 Å². The van der Waals surface area contributed by atoms with Crippen LogP contribution in [0.1, 0.15) is 38.7 Å². The van der Waals surface area contributed by atoms with Crippen molar-refractivity contribution >= 4 is 11.5 Å². The molecule has 0 radical (unpaired) electrons. The van der Waals surface area contributed by atoms with Gasteiger partial charge in [-0.1, -0.05) is 32.0 Å². The molecule has 0 saturated heterocycles. The number of anilines is 1. The van der Waals surface area contributed by atoms with Gasteiger partial charge in [0.05, 0.1) is 6.54 Å². The second-order valence-electron chi connectivity index (χ2n) is 5.28. The summed E-state index contributed by atoms with van der Waals surface area (Å²) in [4.78, 5) is 14.4. The molecule has 0 fully saturated rings. The summed E-state index contributed by atoms with van der Waals surface area (Å²) in [5, 5.41) is 0. The molecule has 1 atom stereocenters. The second-order valence-corrected chi connectivity index (χ2v) is 5.28. The summed E-state index contributed by atoms with van der Waals surface area (Å²) < 4.78 is 0. The lowest BCUT2D eigenvalue weighted by molar-refractivity contribution is -0.121. The van der Waals surface area contributed by atoms with E-state index < -0.39 is 0 Å². The van der Waals surface area contributed by atoms with Gasteiger partial charge in [-0.2, -0.15) is 0 Å². The van der Waals surface area contributed by atoms with E-state index in [0.29, 0.717) is 12.3 Å². The Bertz CT molecular complexity index is 413. The molecule has 0 spiro atoms. The highest BCUT2D eigenvalue weighted by atomic mass is 16.1. The minimum Gasteiger partial charge on any atom is -0.364 e. The molecule has 0 saturated carbocycles. The smallest absolute Gasteiger partial charge is 0.154 e. The number of Topliss-reactive ketones (excluding diaryl/α,β-unsaturated/α-hetero) is 1. The summed E-state index contributed by atoms with van der Waals surface area (Å²) in [6.45, 7) is 5.70. The van der Waals surface area contributed by atoms with Crippen LogP contribution in [0.2, 0.25) is 0 Å². The summed E-state index contributed by atoms with van der Waals surface area (Å²) in [6.07, 6.45) is 4.49. The predicted octanol–water partition coefficient (Wildman–Crippen LogP) is 3.44. The summed E-state index contributed by atoms with van der Waals surface area (Å²) in [5.74, 6) is 0.551. The molecule has 1 aromatic rings. The first kappa shape index (κ1) is 13.1. The van der Waals surface area contributed by atoms with Crippen molar-refractivity contribution in [3.05, 3.63) is 29.8 Å². The van der Waals surface area contributed by atoms with E-state index in [1.165, 1.54) is 24.1 Å². The van der Waals surface area contributed by atoms with Gasteiger partial charge in [-0.3, -0.25) is 4.79 Å². The van der Waals surface area contributed by atoms with Gasteiger partial charge in [0, 0.05) is 18.2 Å². The number of benzene rings is 1. The van der Waals surface area contributed by atoms with Gasteiger partial charge in [-0.05, 0) is 37.3 Å². The lowest BCUT2D eigenvalue weighted by Gasteiger charge is -2.25. The zero-order chi connectivity index (χ0) is 13.0. The first-order valence-electron chi connectivity index (χ1n) is 7.08. The average Bonchev–Trinajstić information content (AvgIpc) is 2.60. The fourth-order valence-corrected chi connectivity index (χ4v) is 2.51. The molecule has 0 bridgehead atoms. The second kappa shape index (κ2) is 6.03. The van der Waals surface area contributed by atoms with E-state index in [4.69, 9.17) is 0 Å². The van der Waals surface area contributed by atoms with Crippen molar-refractivity contribution in [2.75, 3.05) is 18.0 Å². The van der Waals surface area contributed by atoms with Crippen LogP contribution in [0.4, 0.5) is 5.69 Å². The molecule has 18 heavy (non-hydrogen) atoms. The van der Waals surface area contributed by atoms with Crippen LogP contribution < -0.4 is 4.90 Å². The van der Waals surface area contributed by atoms with Crippen molar-refractivity contribution in [2.45, 2.75) is 39.5 Å². The molecule has 1 unspecified atom stereocenters. The molecular weight excluding hydrogens is 222 g/mol. The number of hydrogen-bond acceptors (Lipinski definition) is 2. The van der Waals surface area contributed by atoms with Gasteiger partial charge in [0.15, 0.2) is 5.78 Å². The number of carbonyl (C=O) groups excluding carboxylic acids is 1. The van der Waals surface area contributed by atoms with E-state index in [2.05, 4.69) is 36.1 Å². The number of aryl methyl sites for hydroxylation is 1. The highest BCUT2D eigenvalue weighted by molar-refractivity contribution is 5.85. The Morgan fingerprint density at radius 1 is 1.33 bits per heavy atom. The molecule has 2 nitrogen and oxygen atoms in total. The molecule has 1 aromatic carbocycles. The summed E-state index contributed by atoms with van der Waals surface area (Å²) in [6, 6.07) is 8.52. The number of nitrogens with zero attached hydrogens (tertiary/aromatic N) is 1. The predicted molar refractivity (Wildman–Crippen MR) is 76.1 cm³/mol.